The Kier molecular flexibility index (Phi) is 5.96. The number of H-pyrrole nitrogens is 1. The number of carbonyl (C=O) groups excluding carboxylic acids is 2. The van der Waals surface area contributed by atoms with Crippen LogP contribution in [0.4, 0.5) is 10.7 Å². The van der Waals surface area contributed by atoms with Crippen molar-refractivity contribution in [2.24, 2.45) is 0 Å². The van der Waals surface area contributed by atoms with E-state index in [1.807, 2.05) is 37.3 Å². The second-order valence-electron chi connectivity index (χ2n) is 6.78. The zero-order chi connectivity index (χ0) is 20.2. The van der Waals surface area contributed by atoms with Gasteiger partial charge in [-0.3, -0.25) is 14.7 Å². The molecular weight excluding hydrogens is 406 g/mol. The van der Waals surface area contributed by atoms with Crippen molar-refractivity contribution in [3.8, 4) is 0 Å². The highest BCUT2D eigenvalue weighted by Gasteiger charge is 2.26. The highest BCUT2D eigenvalue weighted by molar-refractivity contribution is 7.99. The van der Waals surface area contributed by atoms with Gasteiger partial charge in [0.05, 0.1) is 11.3 Å². The fourth-order valence-electron chi connectivity index (χ4n) is 3.29. The van der Waals surface area contributed by atoms with Gasteiger partial charge in [0.1, 0.15) is 10.8 Å². The minimum absolute atomic E-state index is 0.176. The SMILES string of the molecule is Cc1nc(SCC(=O)Nc2sc3c(c2C(=O)Nc2ccccc2)CCCC3)n[nH]1. The van der Waals surface area contributed by atoms with E-state index in [1.54, 1.807) is 0 Å². The van der Waals surface area contributed by atoms with E-state index in [1.165, 1.54) is 28.0 Å². The number of amides is 2. The number of carbonyl (C=O) groups is 2. The van der Waals surface area contributed by atoms with Crippen LogP contribution in [0.5, 0.6) is 0 Å². The molecular formula is C20H21N5O2S2. The fraction of sp³-hybridized carbons (Fsp3) is 0.300. The summed E-state index contributed by atoms with van der Waals surface area (Å²) in [5, 5.41) is 13.8. The number of aromatic amines is 1. The zero-order valence-corrected chi connectivity index (χ0v) is 17.6. The lowest BCUT2D eigenvalue weighted by Gasteiger charge is -2.13. The number of rotatable bonds is 6. The molecule has 2 aromatic heterocycles. The van der Waals surface area contributed by atoms with Crippen LogP contribution in [0.25, 0.3) is 0 Å². The third-order valence-electron chi connectivity index (χ3n) is 4.59. The van der Waals surface area contributed by atoms with Crippen molar-refractivity contribution in [1.82, 2.24) is 15.2 Å². The molecule has 9 heteroatoms. The molecule has 0 unspecified atom stereocenters. The second kappa shape index (κ2) is 8.79. The number of aryl methyl sites for hydroxylation is 2. The molecule has 29 heavy (non-hydrogen) atoms. The lowest BCUT2D eigenvalue weighted by atomic mass is 9.95. The first-order valence-corrected chi connectivity index (χ1v) is 11.2. The third-order valence-corrected chi connectivity index (χ3v) is 6.65. The van der Waals surface area contributed by atoms with Crippen molar-refractivity contribution >= 4 is 45.6 Å². The van der Waals surface area contributed by atoms with Gasteiger partial charge in [0.2, 0.25) is 11.1 Å². The van der Waals surface area contributed by atoms with Crippen molar-refractivity contribution in [3.63, 3.8) is 0 Å². The molecule has 4 rings (SSSR count). The quantitative estimate of drug-likeness (QED) is 0.516. The Morgan fingerprint density at radius 3 is 2.72 bits per heavy atom. The first-order chi connectivity index (χ1) is 14.1. The van der Waals surface area contributed by atoms with Gasteiger partial charge in [-0.2, -0.15) is 0 Å². The number of para-hydroxylation sites is 1. The molecule has 1 aromatic carbocycles. The van der Waals surface area contributed by atoms with Gasteiger partial charge in [0, 0.05) is 10.6 Å². The Morgan fingerprint density at radius 1 is 1.17 bits per heavy atom. The summed E-state index contributed by atoms with van der Waals surface area (Å²) in [5.41, 5.74) is 2.41. The van der Waals surface area contributed by atoms with Crippen LogP contribution in [0.15, 0.2) is 35.5 Å². The second-order valence-corrected chi connectivity index (χ2v) is 8.82. The molecule has 0 fully saturated rings. The molecule has 3 aromatic rings. The molecule has 150 valence electrons. The number of aromatic nitrogens is 3. The van der Waals surface area contributed by atoms with Crippen molar-refractivity contribution in [3.05, 3.63) is 52.2 Å². The number of hydrogen-bond acceptors (Lipinski definition) is 6. The van der Waals surface area contributed by atoms with Gasteiger partial charge >= 0.3 is 0 Å². The van der Waals surface area contributed by atoms with Crippen molar-refractivity contribution in [2.75, 3.05) is 16.4 Å². The molecule has 0 saturated carbocycles. The molecule has 1 aliphatic carbocycles. The maximum absolute atomic E-state index is 13.0. The summed E-state index contributed by atoms with van der Waals surface area (Å²) < 4.78 is 0. The predicted molar refractivity (Wildman–Crippen MR) is 116 cm³/mol. The highest BCUT2D eigenvalue weighted by Crippen LogP contribution is 2.38. The maximum Gasteiger partial charge on any atom is 0.258 e. The Morgan fingerprint density at radius 2 is 1.97 bits per heavy atom. The topological polar surface area (TPSA) is 99.8 Å². The summed E-state index contributed by atoms with van der Waals surface area (Å²) in [6.45, 7) is 1.81. The number of benzene rings is 1. The van der Waals surface area contributed by atoms with Crippen LogP contribution in [0, 0.1) is 6.92 Å². The lowest BCUT2D eigenvalue weighted by Crippen LogP contribution is -2.19. The van der Waals surface area contributed by atoms with E-state index < -0.39 is 0 Å². The number of thiophene rings is 1. The first-order valence-electron chi connectivity index (χ1n) is 9.43. The Balaban J connectivity index is 1.52. The van der Waals surface area contributed by atoms with Gasteiger partial charge in [-0.15, -0.1) is 16.4 Å². The van der Waals surface area contributed by atoms with Crippen LogP contribution in [0.1, 0.15) is 39.5 Å². The van der Waals surface area contributed by atoms with E-state index in [0.717, 1.165) is 36.9 Å². The van der Waals surface area contributed by atoms with Crippen LogP contribution >= 0.6 is 23.1 Å². The van der Waals surface area contributed by atoms with Gasteiger partial charge in [0.15, 0.2) is 0 Å². The summed E-state index contributed by atoms with van der Waals surface area (Å²) in [4.78, 5) is 30.9. The Bertz CT molecular complexity index is 1030. The molecule has 2 heterocycles. The van der Waals surface area contributed by atoms with Crippen LogP contribution < -0.4 is 10.6 Å². The Hall–Kier alpha value is -2.65. The number of anilines is 2. The molecule has 0 radical (unpaired) electrons. The third kappa shape index (κ3) is 4.68. The minimum atomic E-state index is -0.178. The lowest BCUT2D eigenvalue weighted by molar-refractivity contribution is -0.113. The fourth-order valence-corrected chi connectivity index (χ4v) is 5.24. The summed E-state index contributed by atoms with van der Waals surface area (Å²) in [6, 6.07) is 9.36. The van der Waals surface area contributed by atoms with Crippen molar-refractivity contribution in [2.45, 2.75) is 37.8 Å². The summed E-state index contributed by atoms with van der Waals surface area (Å²) in [6.07, 6.45) is 3.99. The van der Waals surface area contributed by atoms with E-state index in [9.17, 15) is 9.59 Å². The standard InChI is InChI=1S/C20H21N5O2S2/c1-12-21-20(25-24-12)28-11-16(26)23-19-17(14-9-5-6-10-15(14)29-19)18(27)22-13-7-3-2-4-8-13/h2-4,7-8H,5-6,9-11H2,1H3,(H,22,27)(H,23,26)(H,21,24,25). The van der Waals surface area contributed by atoms with Crippen LogP contribution in [0.3, 0.4) is 0 Å². The summed E-state index contributed by atoms with van der Waals surface area (Å²) in [5.74, 6) is 0.534. The van der Waals surface area contributed by atoms with E-state index in [-0.39, 0.29) is 17.6 Å². The summed E-state index contributed by atoms with van der Waals surface area (Å²) >= 11 is 2.77. The largest absolute Gasteiger partial charge is 0.322 e. The molecule has 3 N–H and O–H groups in total. The monoisotopic (exact) mass is 427 g/mol. The van der Waals surface area contributed by atoms with Gasteiger partial charge in [-0.1, -0.05) is 30.0 Å². The van der Waals surface area contributed by atoms with Crippen molar-refractivity contribution in [1.29, 1.82) is 0 Å². The zero-order valence-electron chi connectivity index (χ0n) is 15.9. The Labute approximate surface area is 176 Å². The number of thioether (sulfide) groups is 1. The molecule has 1 aliphatic rings. The number of nitrogens with one attached hydrogen (secondary N) is 3. The van der Waals surface area contributed by atoms with E-state index >= 15 is 0 Å². The van der Waals surface area contributed by atoms with E-state index in [2.05, 4.69) is 25.8 Å². The number of nitrogens with zero attached hydrogens (tertiary/aromatic N) is 2. The molecule has 2 amide bonds. The maximum atomic E-state index is 13.0. The van der Waals surface area contributed by atoms with Crippen LogP contribution in [-0.4, -0.2) is 32.7 Å². The van der Waals surface area contributed by atoms with E-state index in [4.69, 9.17) is 0 Å². The molecule has 0 atom stereocenters. The molecule has 0 spiro atoms. The normalized spacial score (nSPS) is 13.0. The number of hydrogen-bond donors (Lipinski definition) is 3. The highest BCUT2D eigenvalue weighted by atomic mass is 32.2. The molecule has 0 bridgehead atoms. The van der Waals surface area contributed by atoms with Crippen molar-refractivity contribution < 1.29 is 9.59 Å². The molecule has 0 saturated heterocycles. The van der Waals surface area contributed by atoms with Crippen LogP contribution in [-0.2, 0) is 17.6 Å². The van der Waals surface area contributed by atoms with Gasteiger partial charge < -0.3 is 10.6 Å². The smallest absolute Gasteiger partial charge is 0.258 e. The molecule has 0 aliphatic heterocycles. The average molecular weight is 428 g/mol. The predicted octanol–water partition coefficient (Wildman–Crippen LogP) is 4.04. The summed E-state index contributed by atoms with van der Waals surface area (Å²) in [7, 11) is 0. The first kappa shape index (κ1) is 19.7. The van der Waals surface area contributed by atoms with E-state index in [0.29, 0.717) is 21.5 Å². The van der Waals surface area contributed by atoms with Gasteiger partial charge in [-0.25, -0.2) is 4.98 Å². The number of fused-ring (bicyclic) bond motifs is 1. The van der Waals surface area contributed by atoms with Crippen LogP contribution in [0.2, 0.25) is 0 Å². The minimum Gasteiger partial charge on any atom is -0.322 e. The van der Waals surface area contributed by atoms with Gasteiger partial charge in [-0.05, 0) is 50.3 Å². The average Bonchev–Trinajstić information content (AvgIpc) is 3.30. The molecule has 7 nitrogen and oxygen atoms in total. The van der Waals surface area contributed by atoms with Gasteiger partial charge in [0.25, 0.3) is 5.91 Å².